The molecule has 4 aromatic rings. The number of hydrogen-bond acceptors (Lipinski definition) is 1. The SMILES string of the molecule is Cc1ccc2cccc3c2c1-c1c(cc2ccccc2[n+]1C)N3C. The van der Waals surface area contributed by atoms with Crippen LogP contribution in [0, 0.1) is 6.92 Å². The molecular formula is C22H19N2+. The summed E-state index contributed by atoms with van der Waals surface area (Å²) < 4.78 is 2.35. The first-order valence-corrected chi connectivity index (χ1v) is 8.35. The average molecular weight is 311 g/mol. The fraction of sp³-hybridized carbons (Fsp3) is 0.136. The minimum absolute atomic E-state index is 1.26. The highest BCUT2D eigenvalue weighted by Crippen LogP contribution is 2.47. The zero-order valence-corrected chi connectivity index (χ0v) is 14.2. The topological polar surface area (TPSA) is 7.12 Å². The summed E-state index contributed by atoms with van der Waals surface area (Å²) in [6.07, 6.45) is 0. The van der Waals surface area contributed by atoms with Gasteiger partial charge >= 0.3 is 0 Å². The Bertz CT molecular complexity index is 1140. The number of aromatic nitrogens is 1. The van der Waals surface area contributed by atoms with Gasteiger partial charge in [-0.15, -0.1) is 0 Å². The fourth-order valence-corrected chi connectivity index (χ4v) is 4.15. The van der Waals surface area contributed by atoms with Crippen LogP contribution < -0.4 is 9.47 Å². The van der Waals surface area contributed by atoms with Gasteiger partial charge in [0.05, 0.1) is 5.56 Å². The fourth-order valence-electron chi connectivity index (χ4n) is 4.15. The number of pyridine rings is 1. The summed E-state index contributed by atoms with van der Waals surface area (Å²) in [5.41, 5.74) is 7.82. The summed E-state index contributed by atoms with van der Waals surface area (Å²) in [6, 6.07) is 22.0. The van der Waals surface area contributed by atoms with E-state index >= 15 is 0 Å². The highest BCUT2D eigenvalue weighted by atomic mass is 15.1. The third-order valence-corrected chi connectivity index (χ3v) is 5.36. The molecule has 5 rings (SSSR count). The van der Waals surface area contributed by atoms with Crippen molar-refractivity contribution in [3.05, 3.63) is 66.2 Å². The maximum Gasteiger partial charge on any atom is 0.237 e. The van der Waals surface area contributed by atoms with Crippen LogP contribution in [0.25, 0.3) is 32.9 Å². The third kappa shape index (κ3) is 1.58. The maximum absolute atomic E-state index is 2.35. The molecule has 1 aliphatic rings. The van der Waals surface area contributed by atoms with Gasteiger partial charge in [-0.25, -0.2) is 0 Å². The van der Waals surface area contributed by atoms with Crippen molar-refractivity contribution < 1.29 is 4.57 Å². The van der Waals surface area contributed by atoms with E-state index in [1.165, 1.54) is 49.9 Å². The van der Waals surface area contributed by atoms with Crippen LogP contribution in [0.4, 0.5) is 11.4 Å². The first-order chi connectivity index (χ1) is 11.7. The summed E-state index contributed by atoms with van der Waals surface area (Å²) in [4.78, 5) is 2.33. The minimum Gasteiger partial charge on any atom is -0.339 e. The van der Waals surface area contributed by atoms with E-state index in [2.05, 4.69) is 91.1 Å². The van der Waals surface area contributed by atoms with Gasteiger partial charge in [0.2, 0.25) is 11.2 Å². The van der Waals surface area contributed by atoms with E-state index in [-0.39, 0.29) is 0 Å². The number of rotatable bonds is 0. The summed E-state index contributed by atoms with van der Waals surface area (Å²) in [5.74, 6) is 0. The van der Waals surface area contributed by atoms with Crippen LogP contribution in [0.5, 0.6) is 0 Å². The number of nitrogens with zero attached hydrogens (tertiary/aromatic N) is 2. The van der Waals surface area contributed by atoms with Crippen molar-refractivity contribution >= 4 is 33.1 Å². The van der Waals surface area contributed by atoms with Crippen molar-refractivity contribution in [3.8, 4) is 11.3 Å². The molecule has 1 aliphatic heterocycles. The molecule has 0 amide bonds. The quantitative estimate of drug-likeness (QED) is 0.420. The molecule has 2 heterocycles. The summed E-state index contributed by atoms with van der Waals surface area (Å²) in [5, 5.41) is 3.94. The zero-order valence-electron chi connectivity index (χ0n) is 14.2. The molecule has 2 heteroatoms. The van der Waals surface area contributed by atoms with Gasteiger partial charge in [-0.05, 0) is 36.1 Å². The second kappa shape index (κ2) is 4.57. The van der Waals surface area contributed by atoms with E-state index in [1.54, 1.807) is 0 Å². The van der Waals surface area contributed by atoms with Crippen LogP contribution in [0.1, 0.15) is 5.56 Å². The summed E-state index contributed by atoms with van der Waals surface area (Å²) >= 11 is 0. The smallest absolute Gasteiger partial charge is 0.237 e. The van der Waals surface area contributed by atoms with Gasteiger partial charge in [0.1, 0.15) is 12.7 Å². The molecule has 0 aliphatic carbocycles. The lowest BCUT2D eigenvalue weighted by Crippen LogP contribution is -2.35. The Labute approximate surface area is 141 Å². The highest BCUT2D eigenvalue weighted by molar-refractivity contribution is 6.12. The largest absolute Gasteiger partial charge is 0.339 e. The van der Waals surface area contributed by atoms with E-state index in [4.69, 9.17) is 0 Å². The number of benzene rings is 3. The van der Waals surface area contributed by atoms with Crippen molar-refractivity contribution in [2.24, 2.45) is 7.05 Å². The lowest BCUT2D eigenvalue weighted by atomic mass is 9.90. The molecule has 0 N–H and O–H groups in total. The molecule has 0 bridgehead atoms. The van der Waals surface area contributed by atoms with E-state index < -0.39 is 0 Å². The van der Waals surface area contributed by atoms with E-state index in [0.29, 0.717) is 0 Å². The van der Waals surface area contributed by atoms with E-state index in [1.807, 2.05) is 0 Å². The van der Waals surface area contributed by atoms with Gasteiger partial charge < -0.3 is 4.90 Å². The monoisotopic (exact) mass is 311 g/mol. The van der Waals surface area contributed by atoms with Crippen LogP contribution in [-0.2, 0) is 7.05 Å². The maximum atomic E-state index is 2.35. The van der Waals surface area contributed by atoms with E-state index in [0.717, 1.165) is 0 Å². The van der Waals surface area contributed by atoms with Gasteiger partial charge in [0.15, 0.2) is 0 Å². The average Bonchev–Trinajstić information content (AvgIpc) is 2.61. The molecule has 0 saturated carbocycles. The lowest BCUT2D eigenvalue weighted by molar-refractivity contribution is -0.633. The Hall–Kier alpha value is -2.87. The van der Waals surface area contributed by atoms with Gasteiger partial charge in [-0.3, -0.25) is 0 Å². The molecule has 116 valence electrons. The number of hydrogen-bond donors (Lipinski definition) is 0. The first-order valence-electron chi connectivity index (χ1n) is 8.35. The van der Waals surface area contributed by atoms with Crippen LogP contribution in [0.2, 0.25) is 0 Å². The molecular weight excluding hydrogens is 292 g/mol. The predicted molar refractivity (Wildman–Crippen MR) is 101 cm³/mol. The van der Waals surface area contributed by atoms with Gasteiger partial charge in [0, 0.05) is 29.6 Å². The Morgan fingerprint density at radius 3 is 2.50 bits per heavy atom. The molecule has 0 fully saturated rings. The second-order valence-corrected chi connectivity index (χ2v) is 6.69. The van der Waals surface area contributed by atoms with E-state index in [9.17, 15) is 0 Å². The summed E-state index contributed by atoms with van der Waals surface area (Å²) in [7, 11) is 4.36. The van der Waals surface area contributed by atoms with Gasteiger partial charge in [-0.1, -0.05) is 36.4 Å². The van der Waals surface area contributed by atoms with Crippen LogP contribution in [0.15, 0.2) is 60.7 Å². The Kier molecular flexibility index (Phi) is 2.58. The highest BCUT2D eigenvalue weighted by Gasteiger charge is 2.31. The number of para-hydroxylation sites is 1. The molecule has 0 unspecified atom stereocenters. The molecule has 3 aromatic carbocycles. The molecule has 1 aromatic heterocycles. The molecule has 0 atom stereocenters. The Balaban J connectivity index is 2.06. The molecule has 24 heavy (non-hydrogen) atoms. The summed E-state index contributed by atoms with van der Waals surface area (Å²) in [6.45, 7) is 2.22. The van der Waals surface area contributed by atoms with Crippen LogP contribution in [-0.4, -0.2) is 7.05 Å². The second-order valence-electron chi connectivity index (χ2n) is 6.69. The van der Waals surface area contributed by atoms with Gasteiger partial charge in [0.25, 0.3) is 0 Å². The first kappa shape index (κ1) is 13.6. The molecule has 0 radical (unpaired) electrons. The molecule has 0 spiro atoms. The van der Waals surface area contributed by atoms with Crippen molar-refractivity contribution in [2.75, 3.05) is 11.9 Å². The molecule has 2 nitrogen and oxygen atoms in total. The lowest BCUT2D eigenvalue weighted by Gasteiger charge is -2.29. The standard InChI is InChI=1S/C22H19N2/c1-14-11-12-15-8-6-10-18-21(15)20(14)22-19(23(18)2)13-16-7-4-5-9-17(16)24(22)3/h4-13H,1-3H3/q+1. The van der Waals surface area contributed by atoms with Crippen LogP contribution >= 0.6 is 0 Å². The normalized spacial score (nSPS) is 12.7. The predicted octanol–water partition coefficient (Wildman–Crippen LogP) is 4.87. The Morgan fingerprint density at radius 2 is 1.62 bits per heavy atom. The zero-order chi connectivity index (χ0) is 16.4. The minimum atomic E-state index is 1.26. The Morgan fingerprint density at radius 1 is 0.833 bits per heavy atom. The van der Waals surface area contributed by atoms with Crippen molar-refractivity contribution in [1.82, 2.24) is 0 Å². The third-order valence-electron chi connectivity index (χ3n) is 5.36. The van der Waals surface area contributed by atoms with Crippen molar-refractivity contribution in [1.29, 1.82) is 0 Å². The number of fused-ring (bicyclic) bond motifs is 3. The molecule has 0 saturated heterocycles. The van der Waals surface area contributed by atoms with Crippen molar-refractivity contribution in [3.63, 3.8) is 0 Å². The number of aryl methyl sites for hydroxylation is 2. The number of anilines is 2. The van der Waals surface area contributed by atoms with Gasteiger partial charge in [-0.2, -0.15) is 4.57 Å². The van der Waals surface area contributed by atoms with Crippen LogP contribution in [0.3, 0.4) is 0 Å². The van der Waals surface area contributed by atoms with Crippen molar-refractivity contribution in [2.45, 2.75) is 6.92 Å².